The number of aliphatic carboxylic acids is 3. The summed E-state index contributed by atoms with van der Waals surface area (Å²) in [4.78, 5) is 39.1. The lowest BCUT2D eigenvalue weighted by Gasteiger charge is -2.36. The Kier molecular flexibility index (Phi) is 13.7. The second-order valence-electron chi connectivity index (χ2n) is 9.86. The highest BCUT2D eigenvalue weighted by atomic mass is 19.4. The van der Waals surface area contributed by atoms with E-state index >= 15 is 0 Å². The molecule has 0 spiro atoms. The number of alkyl halides is 9. The smallest absolute Gasteiger partial charge is 0.475 e. The number of likely N-dealkylation sites (N-methyl/N-ethyl adjacent to an activating group) is 1. The lowest BCUT2D eigenvalue weighted by Crippen LogP contribution is -2.44. The fourth-order valence-electron chi connectivity index (χ4n) is 3.85. The third-order valence-electron chi connectivity index (χ3n) is 6.40. The van der Waals surface area contributed by atoms with Gasteiger partial charge in [0, 0.05) is 58.6 Å². The van der Waals surface area contributed by atoms with Crippen LogP contribution >= 0.6 is 0 Å². The van der Waals surface area contributed by atoms with Crippen LogP contribution in [0.5, 0.6) is 0 Å². The molecule has 0 bridgehead atoms. The summed E-state index contributed by atoms with van der Waals surface area (Å²) in [6, 6.07) is 0.482. The van der Waals surface area contributed by atoms with Crippen molar-refractivity contribution in [2.45, 2.75) is 57.4 Å². The molecule has 2 fully saturated rings. The number of fused-ring (bicyclic) bond motifs is 1. The summed E-state index contributed by atoms with van der Waals surface area (Å²) in [6.45, 7) is 11.7. The number of imidazole rings is 1. The molecule has 1 saturated carbocycles. The molecular weight excluding hydrogens is 613 g/mol. The van der Waals surface area contributed by atoms with E-state index in [1.807, 2.05) is 0 Å². The molecule has 0 radical (unpaired) electrons. The zero-order chi connectivity index (χ0) is 33.3. The number of nitrogens with zero attached hydrogens (tertiary/aromatic N) is 5. The van der Waals surface area contributed by atoms with Gasteiger partial charge in [0.2, 0.25) is 0 Å². The maximum atomic E-state index is 10.6. The van der Waals surface area contributed by atoms with Crippen molar-refractivity contribution in [1.29, 1.82) is 0 Å². The van der Waals surface area contributed by atoms with Crippen LogP contribution in [0.2, 0.25) is 0 Å². The van der Waals surface area contributed by atoms with E-state index in [2.05, 4.69) is 39.4 Å². The summed E-state index contributed by atoms with van der Waals surface area (Å²) in [7, 11) is 2.22. The molecule has 0 aromatic carbocycles. The van der Waals surface area contributed by atoms with Gasteiger partial charge in [-0.05, 0) is 32.7 Å². The fourth-order valence-corrected chi connectivity index (χ4v) is 3.85. The van der Waals surface area contributed by atoms with E-state index in [4.69, 9.17) is 34.7 Å². The topological polar surface area (TPSA) is 139 Å². The molecule has 1 saturated heterocycles. The first-order valence-electron chi connectivity index (χ1n) is 12.6. The van der Waals surface area contributed by atoms with Crippen LogP contribution in [0.3, 0.4) is 0 Å². The zero-order valence-electron chi connectivity index (χ0n) is 23.0. The molecule has 0 amide bonds. The molecule has 20 heteroatoms. The van der Waals surface area contributed by atoms with Gasteiger partial charge in [0.05, 0.1) is 11.7 Å². The molecule has 43 heavy (non-hydrogen) atoms. The van der Waals surface area contributed by atoms with Gasteiger partial charge in [0.25, 0.3) is 0 Å². The molecule has 3 aliphatic rings. The number of hydrogen-bond acceptors (Lipinski definition) is 7. The standard InChI is InChI=1S/C17H29N5.3C2HF3O2/c1-14-17-18-11-16(13-20-7-5-19(2)6-8-20)22(17)10-9-21(14)12-15-3-4-15;3*3-2(4,5)1(6)7/h11,14-15H,3-10,12-13H2,1-2H3;3*(H,6,7). The average molecular weight is 646 g/mol. The predicted octanol–water partition coefficient (Wildman–Crippen LogP) is 3.32. The van der Waals surface area contributed by atoms with Gasteiger partial charge < -0.3 is 24.8 Å². The quantitative estimate of drug-likeness (QED) is 0.418. The number of aromatic nitrogens is 2. The highest BCUT2D eigenvalue weighted by Gasteiger charge is 2.39. The summed E-state index contributed by atoms with van der Waals surface area (Å²) < 4.78 is 97.7. The van der Waals surface area contributed by atoms with Crippen molar-refractivity contribution in [3.05, 3.63) is 17.7 Å². The molecule has 1 aromatic heterocycles. The summed E-state index contributed by atoms with van der Waals surface area (Å²) in [5.41, 5.74) is 1.41. The Morgan fingerprint density at radius 1 is 0.791 bits per heavy atom. The van der Waals surface area contributed by atoms with Gasteiger partial charge in [-0.3, -0.25) is 9.80 Å². The maximum absolute atomic E-state index is 10.6. The van der Waals surface area contributed by atoms with Gasteiger partial charge in [-0.25, -0.2) is 19.4 Å². The van der Waals surface area contributed by atoms with E-state index in [0.717, 1.165) is 19.0 Å². The van der Waals surface area contributed by atoms with Crippen LogP contribution < -0.4 is 0 Å². The van der Waals surface area contributed by atoms with Gasteiger partial charge in [0.1, 0.15) is 5.82 Å². The number of rotatable bonds is 4. The van der Waals surface area contributed by atoms with Crippen LogP contribution in [0.1, 0.15) is 37.3 Å². The van der Waals surface area contributed by atoms with Gasteiger partial charge in [-0.2, -0.15) is 39.5 Å². The van der Waals surface area contributed by atoms with Gasteiger partial charge in [0.15, 0.2) is 0 Å². The maximum Gasteiger partial charge on any atom is 0.490 e. The van der Waals surface area contributed by atoms with Crippen molar-refractivity contribution in [3.8, 4) is 0 Å². The molecule has 248 valence electrons. The minimum atomic E-state index is -5.08. The Bertz CT molecular complexity index is 1010. The largest absolute Gasteiger partial charge is 0.490 e. The molecule has 1 unspecified atom stereocenters. The lowest BCUT2D eigenvalue weighted by atomic mass is 10.2. The molecule has 3 heterocycles. The summed E-state index contributed by atoms with van der Waals surface area (Å²) in [5, 5.41) is 21.4. The van der Waals surface area contributed by atoms with Crippen molar-refractivity contribution in [2.75, 3.05) is 46.3 Å². The SMILES string of the molecule is CC1c2ncc(CN3CCN(C)CC3)n2CCN1CC1CC1.O=C(O)C(F)(F)F.O=C(O)C(F)(F)F.O=C(O)C(F)(F)F. The fraction of sp³-hybridized carbons (Fsp3) is 0.739. The first-order valence-corrected chi connectivity index (χ1v) is 12.6. The Hall–Kier alpha value is -3.13. The summed E-state index contributed by atoms with van der Waals surface area (Å²) in [6.07, 6.45) is -10.2. The Morgan fingerprint density at radius 3 is 1.58 bits per heavy atom. The average Bonchev–Trinajstić information content (AvgIpc) is 3.59. The van der Waals surface area contributed by atoms with E-state index < -0.39 is 36.4 Å². The number of carboxylic acid groups (broad SMARTS) is 3. The molecule has 1 aromatic rings. The molecule has 4 rings (SSSR count). The van der Waals surface area contributed by atoms with Crippen molar-refractivity contribution in [3.63, 3.8) is 0 Å². The summed E-state index contributed by atoms with van der Waals surface area (Å²) in [5.74, 6) is -6.02. The van der Waals surface area contributed by atoms with E-state index in [1.165, 1.54) is 63.6 Å². The van der Waals surface area contributed by atoms with Crippen LogP contribution in [0.4, 0.5) is 39.5 Å². The van der Waals surface area contributed by atoms with Gasteiger partial charge in [-0.1, -0.05) is 0 Å². The predicted molar refractivity (Wildman–Crippen MR) is 129 cm³/mol. The van der Waals surface area contributed by atoms with Crippen molar-refractivity contribution >= 4 is 17.9 Å². The zero-order valence-corrected chi connectivity index (χ0v) is 23.0. The molecule has 1 aliphatic carbocycles. The minimum absolute atomic E-state index is 0.482. The van der Waals surface area contributed by atoms with Crippen LogP contribution in [0.25, 0.3) is 0 Å². The molecule has 11 nitrogen and oxygen atoms in total. The third kappa shape index (κ3) is 13.8. The van der Waals surface area contributed by atoms with Crippen LogP contribution in [-0.4, -0.2) is 122 Å². The Balaban J connectivity index is 0.000000363. The van der Waals surface area contributed by atoms with Crippen LogP contribution in [-0.2, 0) is 27.5 Å². The Labute approximate surface area is 239 Å². The van der Waals surface area contributed by atoms with Gasteiger partial charge >= 0.3 is 36.4 Å². The minimum Gasteiger partial charge on any atom is -0.475 e. The summed E-state index contributed by atoms with van der Waals surface area (Å²) >= 11 is 0. The number of halogens is 9. The second kappa shape index (κ2) is 15.6. The lowest BCUT2D eigenvalue weighted by molar-refractivity contribution is -0.193. The second-order valence-corrected chi connectivity index (χ2v) is 9.86. The van der Waals surface area contributed by atoms with Gasteiger partial charge in [-0.15, -0.1) is 0 Å². The number of piperazine rings is 1. The highest BCUT2D eigenvalue weighted by Crippen LogP contribution is 2.34. The molecule has 2 aliphatic heterocycles. The van der Waals surface area contributed by atoms with Crippen molar-refractivity contribution in [2.24, 2.45) is 5.92 Å². The van der Waals surface area contributed by atoms with Crippen LogP contribution in [0, 0.1) is 5.92 Å². The number of carbonyl (C=O) groups is 3. The number of carboxylic acids is 3. The third-order valence-corrected chi connectivity index (χ3v) is 6.40. The van der Waals surface area contributed by atoms with E-state index in [-0.39, 0.29) is 0 Å². The molecule has 1 atom stereocenters. The normalized spacial score (nSPS) is 19.8. The van der Waals surface area contributed by atoms with Crippen molar-refractivity contribution < 1.29 is 69.2 Å². The number of hydrogen-bond donors (Lipinski definition) is 3. The highest BCUT2D eigenvalue weighted by molar-refractivity contribution is 5.73. The van der Waals surface area contributed by atoms with Crippen molar-refractivity contribution in [1.82, 2.24) is 24.3 Å². The Morgan fingerprint density at radius 2 is 1.21 bits per heavy atom. The first kappa shape index (κ1) is 37.9. The monoisotopic (exact) mass is 645 g/mol. The first-order chi connectivity index (χ1) is 19.5. The molecular formula is C23H32F9N5O6. The van der Waals surface area contributed by atoms with Crippen LogP contribution in [0.15, 0.2) is 6.20 Å². The van der Waals surface area contributed by atoms with E-state index in [0.29, 0.717) is 6.04 Å². The van der Waals surface area contributed by atoms with E-state index in [1.54, 1.807) is 0 Å². The van der Waals surface area contributed by atoms with E-state index in [9.17, 15) is 39.5 Å². The molecule has 3 N–H and O–H groups in total.